The summed E-state index contributed by atoms with van der Waals surface area (Å²) < 4.78 is 16.1. The van der Waals surface area contributed by atoms with E-state index in [9.17, 15) is 44.4 Å². The van der Waals surface area contributed by atoms with Crippen LogP contribution in [0.15, 0.2) is 0 Å². The zero-order valence-corrected chi connectivity index (χ0v) is 48.1. The molecule has 14 heteroatoms. The van der Waals surface area contributed by atoms with E-state index in [4.69, 9.17) is 19.9 Å². The highest BCUT2D eigenvalue weighted by molar-refractivity contribution is 5.79. The SMILES string of the molecule is C.CCCC(CCC)C(=O)N(CCC)CCC.CCCC(CCC)C(=O)OCC(CC)(CO)CO.CCCC(CCC)C(=O)OCC(CO)(CO)COC(=O)C(CCC)CCC.CCCC(CCC)C(N)=O. The highest BCUT2D eigenvalue weighted by Crippen LogP contribution is 2.25. The van der Waals surface area contributed by atoms with E-state index in [1.54, 1.807) is 0 Å². The van der Waals surface area contributed by atoms with Gasteiger partial charge in [-0.05, 0) is 83.5 Å². The molecule has 0 aliphatic heterocycles. The van der Waals surface area contributed by atoms with Crippen molar-refractivity contribution in [1.82, 2.24) is 4.90 Å². The number of nitrogens with zero attached hydrogens (tertiary/aromatic N) is 1. The largest absolute Gasteiger partial charge is 0.465 e. The minimum atomic E-state index is -1.17. The maximum Gasteiger partial charge on any atom is 0.308 e. The van der Waals surface area contributed by atoms with Crippen LogP contribution >= 0.6 is 0 Å². The van der Waals surface area contributed by atoms with Gasteiger partial charge < -0.3 is 45.3 Å². The second kappa shape index (κ2) is 51.7. The Bertz CT molecular complexity index is 1180. The first-order valence-corrected chi connectivity index (χ1v) is 28.5. The van der Waals surface area contributed by atoms with Gasteiger partial charge in [-0.25, -0.2) is 0 Å². The summed E-state index contributed by atoms with van der Waals surface area (Å²) in [6, 6.07) is 0. The van der Waals surface area contributed by atoms with E-state index < -0.39 is 24.0 Å². The number of rotatable bonds is 40. The number of hydrogen-bond acceptors (Lipinski definition) is 12. The summed E-state index contributed by atoms with van der Waals surface area (Å²) in [5.74, 6) is -0.561. The van der Waals surface area contributed by atoms with Crippen molar-refractivity contribution in [3.05, 3.63) is 0 Å². The minimum absolute atomic E-state index is 0. The van der Waals surface area contributed by atoms with Crippen LogP contribution in [0.25, 0.3) is 0 Å². The summed E-state index contributed by atoms with van der Waals surface area (Å²) in [6.07, 6.45) is 21.2. The highest BCUT2D eigenvalue weighted by Gasteiger charge is 2.35. The van der Waals surface area contributed by atoms with Gasteiger partial charge in [0.15, 0.2) is 0 Å². The molecule has 432 valence electrons. The molecule has 0 spiro atoms. The lowest BCUT2D eigenvalue weighted by Crippen LogP contribution is -2.42. The van der Waals surface area contributed by atoms with Gasteiger partial charge in [-0.2, -0.15) is 0 Å². The van der Waals surface area contributed by atoms with E-state index in [-0.39, 0.29) is 93.9 Å². The third kappa shape index (κ3) is 36.2. The van der Waals surface area contributed by atoms with E-state index in [0.29, 0.717) is 12.3 Å². The molecule has 0 fully saturated rings. The zero-order valence-electron chi connectivity index (χ0n) is 48.1. The first kappa shape index (κ1) is 78.1. The van der Waals surface area contributed by atoms with Crippen molar-refractivity contribution in [2.45, 2.75) is 245 Å². The number of ether oxygens (including phenoxy) is 3. The van der Waals surface area contributed by atoms with Gasteiger partial charge in [0.2, 0.25) is 11.8 Å². The Labute approximate surface area is 442 Å². The lowest BCUT2D eigenvalue weighted by Gasteiger charge is -2.30. The maximum absolute atomic E-state index is 12.3. The van der Waals surface area contributed by atoms with Crippen molar-refractivity contribution >= 4 is 29.7 Å². The normalized spacial score (nSPS) is 11.2. The van der Waals surface area contributed by atoms with Gasteiger partial charge in [-0.15, -0.1) is 0 Å². The van der Waals surface area contributed by atoms with E-state index in [1.807, 2.05) is 48.5 Å². The van der Waals surface area contributed by atoms with Crippen molar-refractivity contribution < 1.29 is 58.6 Å². The number of amides is 2. The molecular formula is C58H118N2O12. The molecular weight excluding hydrogens is 917 g/mol. The van der Waals surface area contributed by atoms with Crippen LogP contribution in [-0.2, 0) is 38.2 Å². The van der Waals surface area contributed by atoms with Gasteiger partial charge in [0.05, 0.1) is 55.0 Å². The number of carbonyl (C=O) groups excluding carboxylic acids is 5. The summed E-state index contributed by atoms with van der Waals surface area (Å²) in [6.45, 7) is 27.2. The average Bonchev–Trinajstić information content (AvgIpc) is 3.37. The van der Waals surface area contributed by atoms with Crippen molar-refractivity contribution in [2.24, 2.45) is 46.2 Å². The molecule has 0 aromatic heterocycles. The number of aliphatic hydroxyl groups excluding tert-OH is 4. The van der Waals surface area contributed by atoms with Crippen molar-refractivity contribution in [3.8, 4) is 0 Å². The van der Waals surface area contributed by atoms with E-state index in [1.165, 1.54) is 0 Å². The van der Waals surface area contributed by atoms with Crippen molar-refractivity contribution in [3.63, 3.8) is 0 Å². The van der Waals surface area contributed by atoms with E-state index >= 15 is 0 Å². The Morgan fingerprint density at radius 2 is 0.625 bits per heavy atom. The van der Waals surface area contributed by atoms with Gasteiger partial charge in [-0.1, -0.05) is 162 Å². The molecule has 0 saturated carbocycles. The number of primary amides is 1. The first-order valence-electron chi connectivity index (χ1n) is 28.5. The molecule has 6 N–H and O–H groups in total. The molecule has 0 radical (unpaired) electrons. The quantitative estimate of drug-likeness (QED) is 0.0286. The second-order valence-electron chi connectivity index (χ2n) is 19.9. The Morgan fingerprint density at radius 1 is 0.389 bits per heavy atom. The van der Waals surface area contributed by atoms with E-state index in [2.05, 4.69) is 46.4 Å². The predicted molar refractivity (Wildman–Crippen MR) is 296 cm³/mol. The van der Waals surface area contributed by atoms with Crippen LogP contribution in [0.2, 0.25) is 0 Å². The molecule has 0 saturated heterocycles. The van der Waals surface area contributed by atoms with Crippen molar-refractivity contribution in [2.75, 3.05) is 59.3 Å². The smallest absolute Gasteiger partial charge is 0.308 e. The molecule has 0 rings (SSSR count). The van der Waals surface area contributed by atoms with Crippen LogP contribution in [0.1, 0.15) is 245 Å². The third-order valence-electron chi connectivity index (χ3n) is 13.1. The predicted octanol–water partition coefficient (Wildman–Crippen LogP) is 11.8. The first-order chi connectivity index (χ1) is 33.9. The number of carbonyl (C=O) groups is 5. The number of hydrogen-bond donors (Lipinski definition) is 5. The van der Waals surface area contributed by atoms with Crippen molar-refractivity contribution in [1.29, 1.82) is 0 Å². The van der Waals surface area contributed by atoms with Crippen LogP contribution in [0, 0.1) is 40.4 Å². The molecule has 2 amide bonds. The summed E-state index contributed by atoms with van der Waals surface area (Å²) in [5, 5.41) is 38.1. The molecule has 0 aliphatic carbocycles. The Balaban J connectivity index is -0.000000292. The molecule has 0 aliphatic rings. The Hall–Kier alpha value is -2.81. The molecule has 0 unspecified atom stereocenters. The van der Waals surface area contributed by atoms with Gasteiger partial charge in [0.25, 0.3) is 0 Å². The lowest BCUT2D eigenvalue weighted by atomic mass is 9.88. The molecule has 0 aromatic carbocycles. The standard InChI is InChI=1S/C21H40O6.C14H29NO.C14H28O4.C8H17NO.CH4/c1-5-9-17(10-6-2)19(24)26-15-21(13-22,14-23)16-27-20(25)18(11-7-3)12-8-4;1-5-9-13(10-6-2)14(16)15(11-7-3)12-8-4;1-4-7-12(8-5-2)13(17)18-11-14(6-3,9-15)10-16;1-3-5-7(6-4-2)8(9)10;/h17-18,22-23H,5-16H2,1-4H3;13H,5-12H2,1-4H3;12,15-16H,4-11H2,1-3H3;7H,3-6H2,1-2H3,(H2,9,10);1H4. The van der Waals surface area contributed by atoms with Gasteiger partial charge in [-0.3, -0.25) is 24.0 Å². The Kier molecular flexibility index (Phi) is 56.0. The van der Waals surface area contributed by atoms with Crippen LogP contribution in [0.5, 0.6) is 0 Å². The van der Waals surface area contributed by atoms with E-state index in [0.717, 1.165) is 154 Å². The molecule has 0 aromatic rings. The minimum Gasteiger partial charge on any atom is -0.465 e. The summed E-state index contributed by atoms with van der Waals surface area (Å²) >= 11 is 0. The topological polar surface area (TPSA) is 223 Å². The summed E-state index contributed by atoms with van der Waals surface area (Å²) in [7, 11) is 0. The monoisotopic (exact) mass is 1030 g/mol. The number of aliphatic hydroxyl groups is 4. The number of esters is 3. The second-order valence-corrected chi connectivity index (χ2v) is 19.9. The van der Waals surface area contributed by atoms with Gasteiger partial charge in [0, 0.05) is 24.9 Å². The van der Waals surface area contributed by atoms with Crippen LogP contribution < -0.4 is 5.73 Å². The third-order valence-corrected chi connectivity index (χ3v) is 13.1. The summed E-state index contributed by atoms with van der Waals surface area (Å²) in [5.41, 5.74) is 3.30. The fraction of sp³-hybridized carbons (Fsp3) is 0.914. The Morgan fingerprint density at radius 3 is 0.833 bits per heavy atom. The fourth-order valence-corrected chi connectivity index (χ4v) is 8.34. The van der Waals surface area contributed by atoms with Crippen LogP contribution in [-0.4, -0.2) is 114 Å². The molecule has 0 atom stereocenters. The van der Waals surface area contributed by atoms with Crippen LogP contribution in [0.4, 0.5) is 0 Å². The lowest BCUT2D eigenvalue weighted by molar-refractivity contribution is -0.164. The zero-order chi connectivity index (χ0) is 55.1. The van der Waals surface area contributed by atoms with Gasteiger partial charge in [0.1, 0.15) is 19.8 Å². The fourth-order valence-electron chi connectivity index (χ4n) is 8.34. The molecule has 14 nitrogen and oxygen atoms in total. The molecule has 0 bridgehead atoms. The summed E-state index contributed by atoms with van der Waals surface area (Å²) in [4.78, 5) is 61.7. The highest BCUT2D eigenvalue weighted by atomic mass is 16.6. The van der Waals surface area contributed by atoms with Crippen LogP contribution in [0.3, 0.4) is 0 Å². The molecule has 72 heavy (non-hydrogen) atoms. The van der Waals surface area contributed by atoms with Gasteiger partial charge >= 0.3 is 17.9 Å². The maximum atomic E-state index is 12.3. The molecule has 0 heterocycles. The number of nitrogens with two attached hydrogens (primary N) is 1. The average molecular weight is 1040 g/mol.